The van der Waals surface area contributed by atoms with E-state index in [4.69, 9.17) is 9.47 Å². The third kappa shape index (κ3) is 4.15. The number of hydrogen-bond acceptors (Lipinski definition) is 2. The highest BCUT2D eigenvalue weighted by Crippen LogP contribution is 2.33. The largest absolute Gasteiger partial charge is 0.379 e. The van der Waals surface area contributed by atoms with E-state index in [2.05, 4.69) is 36.4 Å². The maximum Gasteiger partial charge on any atom is 0.0827 e. The smallest absolute Gasteiger partial charge is 0.0827 e. The summed E-state index contributed by atoms with van der Waals surface area (Å²) >= 11 is 2.47. The molecule has 1 rings (SSSR count). The average molecular weight is 340 g/mol. The fraction of sp³-hybridized carbons (Fsp3) is 1.00. The zero-order chi connectivity index (χ0) is 12.0. The minimum Gasteiger partial charge on any atom is -0.379 e. The topological polar surface area (TPSA) is 18.5 Å². The molecule has 0 aromatic carbocycles. The van der Waals surface area contributed by atoms with Crippen LogP contribution in [0.2, 0.25) is 0 Å². The second-order valence-corrected chi connectivity index (χ2v) is 5.97. The van der Waals surface area contributed by atoms with Crippen LogP contribution in [0.15, 0.2) is 0 Å². The van der Waals surface area contributed by atoms with Crippen molar-refractivity contribution < 1.29 is 9.47 Å². The molecule has 3 heteroatoms. The van der Waals surface area contributed by atoms with Gasteiger partial charge in [0.1, 0.15) is 0 Å². The first kappa shape index (κ1) is 14.7. The molecule has 1 aliphatic carbocycles. The molecule has 16 heavy (non-hydrogen) atoms. The highest BCUT2D eigenvalue weighted by molar-refractivity contribution is 14.1. The summed E-state index contributed by atoms with van der Waals surface area (Å²) in [5.41, 5.74) is 0.143. The van der Waals surface area contributed by atoms with Crippen LogP contribution in [0.4, 0.5) is 0 Å². The van der Waals surface area contributed by atoms with E-state index in [1.807, 2.05) is 0 Å². The van der Waals surface area contributed by atoms with Gasteiger partial charge in [-0.25, -0.2) is 0 Å². The van der Waals surface area contributed by atoms with E-state index >= 15 is 0 Å². The van der Waals surface area contributed by atoms with E-state index in [1.54, 1.807) is 7.11 Å². The van der Waals surface area contributed by atoms with Crippen LogP contribution in [0.5, 0.6) is 0 Å². The van der Waals surface area contributed by atoms with Crippen molar-refractivity contribution in [2.24, 2.45) is 5.92 Å². The van der Waals surface area contributed by atoms with Crippen LogP contribution in [0.25, 0.3) is 0 Å². The molecule has 1 fully saturated rings. The van der Waals surface area contributed by atoms with Crippen LogP contribution in [0.1, 0.15) is 46.0 Å². The van der Waals surface area contributed by atoms with Crippen LogP contribution in [-0.4, -0.2) is 29.8 Å². The summed E-state index contributed by atoms with van der Waals surface area (Å²) in [6.07, 6.45) is 6.71. The third-order valence-electron chi connectivity index (χ3n) is 3.61. The van der Waals surface area contributed by atoms with E-state index < -0.39 is 0 Å². The molecule has 1 atom stereocenters. The van der Waals surface area contributed by atoms with E-state index in [0.717, 1.165) is 11.0 Å². The van der Waals surface area contributed by atoms with Gasteiger partial charge in [-0.15, -0.1) is 0 Å². The maximum atomic E-state index is 6.20. The number of methoxy groups -OCH3 is 1. The fourth-order valence-electron chi connectivity index (χ4n) is 2.30. The van der Waals surface area contributed by atoms with Gasteiger partial charge in [0, 0.05) is 11.5 Å². The SMILES string of the molecule is COC(COC1(CI)CCCCC1)C(C)C. The summed E-state index contributed by atoms with van der Waals surface area (Å²) < 4.78 is 12.8. The average Bonchev–Trinajstić information content (AvgIpc) is 2.30. The molecule has 0 aliphatic heterocycles. The highest BCUT2D eigenvalue weighted by atomic mass is 127. The number of alkyl halides is 1. The summed E-state index contributed by atoms with van der Waals surface area (Å²) in [6.45, 7) is 5.13. The fourth-order valence-corrected chi connectivity index (χ4v) is 3.29. The van der Waals surface area contributed by atoms with E-state index in [0.29, 0.717) is 5.92 Å². The maximum absolute atomic E-state index is 6.20. The molecule has 2 nitrogen and oxygen atoms in total. The summed E-state index contributed by atoms with van der Waals surface area (Å²) in [7, 11) is 1.78. The summed E-state index contributed by atoms with van der Waals surface area (Å²) in [6, 6.07) is 0. The zero-order valence-electron chi connectivity index (χ0n) is 10.8. The molecule has 0 N–H and O–H groups in total. The van der Waals surface area contributed by atoms with Crippen molar-refractivity contribution in [3.05, 3.63) is 0 Å². The monoisotopic (exact) mass is 340 g/mol. The zero-order valence-corrected chi connectivity index (χ0v) is 13.0. The van der Waals surface area contributed by atoms with Crippen molar-refractivity contribution in [1.29, 1.82) is 0 Å². The number of rotatable bonds is 6. The Balaban J connectivity index is 2.43. The molecule has 0 amide bonds. The van der Waals surface area contributed by atoms with Crippen LogP contribution >= 0.6 is 22.6 Å². The van der Waals surface area contributed by atoms with Crippen molar-refractivity contribution >= 4 is 22.6 Å². The third-order valence-corrected chi connectivity index (χ3v) is 5.00. The molecule has 0 spiro atoms. The minimum absolute atomic E-state index is 0.143. The molecular formula is C13H25IO2. The number of ether oxygens (including phenoxy) is 2. The van der Waals surface area contributed by atoms with Crippen molar-refractivity contribution in [2.75, 3.05) is 18.1 Å². The molecule has 0 radical (unpaired) electrons. The predicted octanol–water partition coefficient (Wildman–Crippen LogP) is 3.81. The van der Waals surface area contributed by atoms with Gasteiger partial charge in [0.25, 0.3) is 0 Å². The summed E-state index contributed by atoms with van der Waals surface area (Å²) in [5.74, 6) is 0.528. The Morgan fingerprint density at radius 1 is 1.19 bits per heavy atom. The molecule has 0 aromatic rings. The van der Waals surface area contributed by atoms with Crippen molar-refractivity contribution in [1.82, 2.24) is 0 Å². The lowest BCUT2D eigenvalue weighted by atomic mass is 9.86. The van der Waals surface area contributed by atoms with E-state index in [1.165, 1.54) is 32.1 Å². The Kier molecular flexibility index (Phi) is 6.59. The van der Waals surface area contributed by atoms with Gasteiger partial charge >= 0.3 is 0 Å². The molecule has 0 aromatic heterocycles. The van der Waals surface area contributed by atoms with Crippen LogP contribution in [0.3, 0.4) is 0 Å². The quantitative estimate of drug-likeness (QED) is 0.541. The first-order chi connectivity index (χ1) is 7.63. The first-order valence-corrected chi connectivity index (χ1v) is 7.89. The Morgan fingerprint density at radius 3 is 2.25 bits per heavy atom. The minimum atomic E-state index is 0.143. The van der Waals surface area contributed by atoms with Crippen molar-refractivity contribution in [3.63, 3.8) is 0 Å². The molecule has 1 unspecified atom stereocenters. The summed E-state index contributed by atoms with van der Waals surface area (Å²) in [5, 5.41) is 0. The van der Waals surface area contributed by atoms with Gasteiger partial charge in [0.05, 0.1) is 18.3 Å². The van der Waals surface area contributed by atoms with Crippen LogP contribution in [0, 0.1) is 5.92 Å². The lowest BCUT2D eigenvalue weighted by molar-refractivity contribution is -0.100. The Morgan fingerprint density at radius 2 is 1.81 bits per heavy atom. The van der Waals surface area contributed by atoms with Gasteiger partial charge in [-0.2, -0.15) is 0 Å². The van der Waals surface area contributed by atoms with Gasteiger partial charge < -0.3 is 9.47 Å². The highest BCUT2D eigenvalue weighted by Gasteiger charge is 2.32. The second-order valence-electron chi connectivity index (χ2n) is 5.21. The number of hydrogen-bond donors (Lipinski definition) is 0. The van der Waals surface area contributed by atoms with E-state index in [9.17, 15) is 0 Å². The van der Waals surface area contributed by atoms with Crippen LogP contribution < -0.4 is 0 Å². The van der Waals surface area contributed by atoms with E-state index in [-0.39, 0.29) is 11.7 Å². The lowest BCUT2D eigenvalue weighted by Crippen LogP contribution is -2.40. The Labute approximate surface area is 114 Å². The second kappa shape index (κ2) is 7.17. The standard InChI is InChI=1S/C13H25IO2/c1-11(2)12(15-3)9-16-13(10-14)7-5-4-6-8-13/h11-12H,4-10H2,1-3H3. The molecule has 0 bridgehead atoms. The molecule has 96 valence electrons. The molecule has 1 saturated carbocycles. The van der Waals surface area contributed by atoms with Gasteiger partial charge in [0.2, 0.25) is 0 Å². The van der Waals surface area contributed by atoms with Gasteiger partial charge in [0.15, 0.2) is 0 Å². The molecule has 0 saturated heterocycles. The van der Waals surface area contributed by atoms with Crippen molar-refractivity contribution in [3.8, 4) is 0 Å². The van der Waals surface area contributed by atoms with Gasteiger partial charge in [-0.05, 0) is 18.8 Å². The molecule has 0 heterocycles. The summed E-state index contributed by atoms with van der Waals surface area (Å²) in [4.78, 5) is 0. The first-order valence-electron chi connectivity index (χ1n) is 6.36. The normalized spacial score (nSPS) is 22.3. The van der Waals surface area contributed by atoms with Crippen molar-refractivity contribution in [2.45, 2.75) is 57.7 Å². The van der Waals surface area contributed by atoms with Crippen LogP contribution in [-0.2, 0) is 9.47 Å². The lowest BCUT2D eigenvalue weighted by Gasteiger charge is -2.37. The molecular weight excluding hydrogens is 315 g/mol. The van der Waals surface area contributed by atoms with Gasteiger partial charge in [-0.1, -0.05) is 55.7 Å². The predicted molar refractivity (Wildman–Crippen MR) is 76.3 cm³/mol. The van der Waals surface area contributed by atoms with Gasteiger partial charge in [-0.3, -0.25) is 0 Å². The molecule has 1 aliphatic rings. The Hall–Kier alpha value is 0.650. The number of halogens is 1. The Bertz CT molecular complexity index is 188.